The van der Waals surface area contributed by atoms with Gasteiger partial charge in [-0.15, -0.1) is 11.3 Å². The van der Waals surface area contributed by atoms with E-state index in [0.717, 1.165) is 30.7 Å². The lowest BCUT2D eigenvalue weighted by Crippen LogP contribution is -2.24. The van der Waals surface area contributed by atoms with Crippen molar-refractivity contribution in [1.29, 1.82) is 0 Å². The average molecular weight is 358 g/mol. The molecule has 0 bridgehead atoms. The topological polar surface area (TPSA) is 97.1 Å². The zero-order chi connectivity index (χ0) is 17.6. The van der Waals surface area contributed by atoms with Gasteiger partial charge in [0.1, 0.15) is 10.7 Å². The minimum atomic E-state index is -0.285. The highest BCUT2D eigenvalue weighted by molar-refractivity contribution is 7.09. The van der Waals surface area contributed by atoms with Crippen LogP contribution in [-0.2, 0) is 11.3 Å². The maximum Gasteiger partial charge on any atom is 0.275 e. The van der Waals surface area contributed by atoms with Crippen LogP contribution in [0.2, 0.25) is 0 Å². The van der Waals surface area contributed by atoms with E-state index in [2.05, 4.69) is 15.6 Å². The quantitative estimate of drug-likeness (QED) is 0.763. The highest BCUT2D eigenvalue weighted by atomic mass is 32.1. The van der Waals surface area contributed by atoms with E-state index in [9.17, 15) is 9.59 Å². The van der Waals surface area contributed by atoms with Gasteiger partial charge in [0.2, 0.25) is 5.91 Å². The minimum Gasteiger partial charge on any atom is -0.326 e. The van der Waals surface area contributed by atoms with Gasteiger partial charge in [0, 0.05) is 29.2 Å². The van der Waals surface area contributed by atoms with E-state index in [-0.39, 0.29) is 17.7 Å². The number of anilines is 2. The number of hydrogen-bond acceptors (Lipinski definition) is 5. The summed E-state index contributed by atoms with van der Waals surface area (Å²) in [6, 6.07) is 7.17. The summed E-state index contributed by atoms with van der Waals surface area (Å²) in [5, 5.41) is 8.17. The molecule has 1 aromatic heterocycles. The molecule has 1 aliphatic carbocycles. The molecule has 7 heteroatoms. The Morgan fingerprint density at radius 1 is 1.16 bits per heavy atom. The number of carbonyl (C=O) groups excluding carboxylic acids is 2. The van der Waals surface area contributed by atoms with Gasteiger partial charge in [-0.2, -0.15) is 0 Å². The van der Waals surface area contributed by atoms with Gasteiger partial charge in [0.05, 0.1) is 0 Å². The predicted octanol–water partition coefficient (Wildman–Crippen LogP) is 3.37. The van der Waals surface area contributed by atoms with Crippen molar-refractivity contribution in [2.24, 2.45) is 11.7 Å². The van der Waals surface area contributed by atoms with Crippen molar-refractivity contribution in [3.8, 4) is 0 Å². The van der Waals surface area contributed by atoms with Crippen molar-refractivity contribution in [2.45, 2.75) is 38.6 Å². The molecule has 3 rings (SSSR count). The van der Waals surface area contributed by atoms with E-state index in [1.165, 1.54) is 17.8 Å². The number of amides is 2. The fraction of sp³-hybridized carbons (Fsp3) is 0.389. The molecule has 1 saturated carbocycles. The van der Waals surface area contributed by atoms with Crippen LogP contribution in [0.15, 0.2) is 29.6 Å². The van der Waals surface area contributed by atoms with E-state index >= 15 is 0 Å². The van der Waals surface area contributed by atoms with Gasteiger partial charge in [-0.3, -0.25) is 9.59 Å². The zero-order valence-electron chi connectivity index (χ0n) is 14.0. The Morgan fingerprint density at radius 3 is 2.56 bits per heavy atom. The Morgan fingerprint density at radius 2 is 1.88 bits per heavy atom. The van der Waals surface area contributed by atoms with Crippen LogP contribution < -0.4 is 16.4 Å². The summed E-state index contributed by atoms with van der Waals surface area (Å²) in [6.45, 7) is 0.320. The molecule has 6 nitrogen and oxygen atoms in total. The Kier molecular flexibility index (Phi) is 5.78. The number of nitrogens with two attached hydrogens (primary N) is 1. The first-order chi connectivity index (χ1) is 12.2. The van der Waals surface area contributed by atoms with Gasteiger partial charge < -0.3 is 16.4 Å². The molecule has 0 radical (unpaired) electrons. The van der Waals surface area contributed by atoms with Crippen LogP contribution in [0.4, 0.5) is 11.4 Å². The van der Waals surface area contributed by atoms with Crippen molar-refractivity contribution in [3.05, 3.63) is 40.3 Å². The summed E-state index contributed by atoms with van der Waals surface area (Å²) in [7, 11) is 0. The van der Waals surface area contributed by atoms with Crippen LogP contribution in [-0.4, -0.2) is 16.8 Å². The summed E-state index contributed by atoms with van der Waals surface area (Å²) in [6.07, 6.45) is 5.36. The number of aromatic nitrogens is 1. The fourth-order valence-electron chi connectivity index (χ4n) is 2.99. The van der Waals surface area contributed by atoms with E-state index in [4.69, 9.17) is 5.73 Å². The van der Waals surface area contributed by atoms with Crippen molar-refractivity contribution in [1.82, 2.24) is 4.98 Å². The molecule has 0 saturated heterocycles. The van der Waals surface area contributed by atoms with Crippen LogP contribution in [0.25, 0.3) is 0 Å². The molecule has 1 fully saturated rings. The molecule has 4 N–H and O–H groups in total. The molecule has 132 valence electrons. The normalized spacial score (nSPS) is 14.9. The standard InChI is InChI=1S/C18H22N4O2S/c19-10-16-22-15(11-25-16)18(24)21-14-8-4-7-13(9-14)20-17(23)12-5-2-1-3-6-12/h4,7-9,11-12H,1-3,5-6,10,19H2,(H,20,23)(H,21,24). The summed E-state index contributed by atoms with van der Waals surface area (Å²) in [5.74, 6) is -0.126. The van der Waals surface area contributed by atoms with E-state index in [0.29, 0.717) is 23.6 Å². The largest absolute Gasteiger partial charge is 0.326 e. The van der Waals surface area contributed by atoms with Crippen molar-refractivity contribution < 1.29 is 9.59 Å². The molecule has 2 aromatic rings. The molecular formula is C18H22N4O2S. The molecular weight excluding hydrogens is 336 g/mol. The fourth-order valence-corrected chi connectivity index (χ4v) is 3.64. The summed E-state index contributed by atoms with van der Waals surface area (Å²) in [4.78, 5) is 28.7. The van der Waals surface area contributed by atoms with E-state index in [1.54, 1.807) is 23.6 Å². The van der Waals surface area contributed by atoms with Crippen molar-refractivity contribution >= 4 is 34.5 Å². The molecule has 0 spiro atoms. The number of hydrogen-bond donors (Lipinski definition) is 3. The summed E-state index contributed by atoms with van der Waals surface area (Å²) in [5.41, 5.74) is 7.18. The number of rotatable bonds is 5. The highest BCUT2D eigenvalue weighted by Gasteiger charge is 2.21. The average Bonchev–Trinajstić information content (AvgIpc) is 3.12. The molecule has 0 aliphatic heterocycles. The lowest BCUT2D eigenvalue weighted by molar-refractivity contribution is -0.120. The van der Waals surface area contributed by atoms with Gasteiger partial charge in [0.15, 0.2) is 0 Å². The first-order valence-corrected chi connectivity index (χ1v) is 9.40. The summed E-state index contributed by atoms with van der Waals surface area (Å²) >= 11 is 1.36. The Bertz CT molecular complexity index is 753. The lowest BCUT2D eigenvalue weighted by atomic mass is 9.88. The highest BCUT2D eigenvalue weighted by Crippen LogP contribution is 2.25. The molecule has 25 heavy (non-hydrogen) atoms. The predicted molar refractivity (Wildman–Crippen MR) is 99.6 cm³/mol. The second kappa shape index (κ2) is 8.22. The second-order valence-electron chi connectivity index (χ2n) is 6.19. The third kappa shape index (κ3) is 4.64. The Labute approximate surface area is 150 Å². The Hall–Kier alpha value is -2.25. The van der Waals surface area contributed by atoms with Crippen LogP contribution in [0.5, 0.6) is 0 Å². The lowest BCUT2D eigenvalue weighted by Gasteiger charge is -2.20. The molecule has 1 aliphatic rings. The molecule has 0 atom stereocenters. The van der Waals surface area contributed by atoms with Gasteiger partial charge in [-0.25, -0.2) is 4.98 Å². The number of carbonyl (C=O) groups is 2. The molecule has 2 amide bonds. The first-order valence-electron chi connectivity index (χ1n) is 8.52. The van der Waals surface area contributed by atoms with E-state index in [1.807, 2.05) is 6.07 Å². The SMILES string of the molecule is NCc1nc(C(=O)Nc2cccc(NC(=O)C3CCCCC3)c2)cs1. The van der Waals surface area contributed by atoms with Crippen LogP contribution in [0.3, 0.4) is 0 Å². The maximum atomic E-state index is 12.3. The number of nitrogens with zero attached hydrogens (tertiary/aromatic N) is 1. The van der Waals surface area contributed by atoms with Crippen molar-refractivity contribution in [2.75, 3.05) is 10.6 Å². The third-order valence-corrected chi connectivity index (χ3v) is 5.19. The van der Waals surface area contributed by atoms with Gasteiger partial charge in [-0.1, -0.05) is 25.3 Å². The maximum absolute atomic E-state index is 12.3. The van der Waals surface area contributed by atoms with Gasteiger partial charge in [0.25, 0.3) is 5.91 Å². The third-order valence-electron chi connectivity index (χ3n) is 4.32. The van der Waals surface area contributed by atoms with E-state index < -0.39 is 0 Å². The van der Waals surface area contributed by atoms with Crippen LogP contribution in [0.1, 0.15) is 47.6 Å². The molecule has 0 unspecified atom stereocenters. The summed E-state index contributed by atoms with van der Waals surface area (Å²) < 4.78 is 0. The molecule has 1 heterocycles. The zero-order valence-corrected chi connectivity index (χ0v) is 14.8. The Balaban J connectivity index is 1.62. The monoisotopic (exact) mass is 358 g/mol. The number of thiazole rings is 1. The minimum absolute atomic E-state index is 0.0651. The van der Waals surface area contributed by atoms with Crippen molar-refractivity contribution in [3.63, 3.8) is 0 Å². The number of nitrogens with one attached hydrogen (secondary N) is 2. The molecule has 1 aromatic carbocycles. The number of benzene rings is 1. The van der Waals surface area contributed by atoms with Crippen LogP contribution in [0, 0.1) is 5.92 Å². The smallest absolute Gasteiger partial charge is 0.275 e. The first kappa shape index (κ1) is 17.6. The second-order valence-corrected chi connectivity index (χ2v) is 7.13. The van der Waals surface area contributed by atoms with Gasteiger partial charge >= 0.3 is 0 Å². The van der Waals surface area contributed by atoms with Gasteiger partial charge in [-0.05, 0) is 31.0 Å². The van der Waals surface area contributed by atoms with Crippen LogP contribution >= 0.6 is 11.3 Å².